The molecule has 0 spiro atoms. The van der Waals surface area contributed by atoms with Crippen LogP contribution >= 0.6 is 0 Å². The van der Waals surface area contributed by atoms with Gasteiger partial charge in [-0.1, -0.05) is 42.5 Å². The molecule has 1 aliphatic heterocycles. The maximum atomic E-state index is 13.1. The first-order valence-electron chi connectivity index (χ1n) is 10.4. The van der Waals surface area contributed by atoms with Crippen molar-refractivity contribution in [3.05, 3.63) is 54.1 Å². The molecular weight excluding hydrogens is 364 g/mol. The van der Waals surface area contributed by atoms with Crippen molar-refractivity contribution >= 4 is 28.8 Å². The number of ether oxygens (including phenoxy) is 1. The number of carbonyl (C=O) groups is 2. The molecule has 3 fully saturated rings. The molecule has 2 saturated carbocycles. The van der Waals surface area contributed by atoms with Crippen molar-refractivity contribution in [3.63, 3.8) is 0 Å². The molecule has 0 radical (unpaired) electrons. The van der Waals surface area contributed by atoms with Crippen LogP contribution in [0.2, 0.25) is 0 Å². The topological polar surface area (TPSA) is 59.0 Å². The van der Waals surface area contributed by atoms with E-state index < -0.39 is 0 Å². The fourth-order valence-electron chi connectivity index (χ4n) is 5.86. The van der Waals surface area contributed by atoms with Gasteiger partial charge >= 0.3 is 0 Å². The van der Waals surface area contributed by atoms with Crippen LogP contribution < -0.4 is 4.74 Å². The maximum absolute atomic E-state index is 13.1. The van der Waals surface area contributed by atoms with Crippen molar-refractivity contribution in [2.45, 2.75) is 13.3 Å². The number of hydrazone groups is 1. The Hall–Kier alpha value is -2.95. The van der Waals surface area contributed by atoms with Gasteiger partial charge in [0.25, 0.3) is 11.8 Å². The molecule has 7 rings (SSSR count). The summed E-state index contributed by atoms with van der Waals surface area (Å²) in [4.78, 5) is 26.3. The summed E-state index contributed by atoms with van der Waals surface area (Å²) in [5.41, 5.74) is 0.796. The quantitative estimate of drug-likeness (QED) is 0.458. The van der Waals surface area contributed by atoms with E-state index in [1.807, 2.05) is 43.3 Å². The molecular formula is C24H22N2O3. The van der Waals surface area contributed by atoms with E-state index in [9.17, 15) is 9.59 Å². The molecule has 5 heteroatoms. The van der Waals surface area contributed by atoms with Gasteiger partial charge in [-0.05, 0) is 53.9 Å². The molecule has 5 nitrogen and oxygen atoms in total. The summed E-state index contributed by atoms with van der Waals surface area (Å²) in [5, 5.41) is 7.59. The Bertz CT molecular complexity index is 1070. The van der Waals surface area contributed by atoms with Crippen molar-refractivity contribution < 1.29 is 14.3 Å². The second-order valence-electron chi connectivity index (χ2n) is 8.52. The molecule has 0 unspecified atom stereocenters. The zero-order chi connectivity index (χ0) is 19.7. The molecule has 146 valence electrons. The number of benzene rings is 2. The van der Waals surface area contributed by atoms with Crippen molar-refractivity contribution in [1.82, 2.24) is 5.01 Å². The van der Waals surface area contributed by atoms with Gasteiger partial charge in [0.2, 0.25) is 0 Å². The fraction of sp³-hybridized carbons (Fsp3) is 0.375. The third kappa shape index (κ3) is 2.30. The predicted molar refractivity (Wildman–Crippen MR) is 109 cm³/mol. The number of allylic oxidation sites excluding steroid dienone is 2. The number of rotatable bonds is 4. The molecule has 29 heavy (non-hydrogen) atoms. The summed E-state index contributed by atoms with van der Waals surface area (Å²) in [5.74, 6) is 1.58. The summed E-state index contributed by atoms with van der Waals surface area (Å²) < 4.78 is 5.78. The first-order valence-corrected chi connectivity index (χ1v) is 10.4. The molecule has 5 aliphatic rings. The third-order valence-electron chi connectivity index (χ3n) is 7.17. The van der Waals surface area contributed by atoms with Gasteiger partial charge in [-0.25, -0.2) is 0 Å². The van der Waals surface area contributed by atoms with Gasteiger partial charge in [-0.15, -0.1) is 0 Å². The van der Waals surface area contributed by atoms with Gasteiger partial charge in [0.1, 0.15) is 5.75 Å². The molecule has 2 aromatic rings. The van der Waals surface area contributed by atoms with Crippen LogP contribution in [0.15, 0.2) is 53.7 Å². The van der Waals surface area contributed by atoms with E-state index in [2.05, 4.69) is 17.3 Å². The average Bonchev–Trinajstić information content (AvgIpc) is 3.53. The lowest BCUT2D eigenvalue weighted by Crippen LogP contribution is -2.40. The summed E-state index contributed by atoms with van der Waals surface area (Å²) in [6.45, 7) is 2.46. The first-order chi connectivity index (χ1) is 14.2. The van der Waals surface area contributed by atoms with Crippen LogP contribution in [0.3, 0.4) is 0 Å². The number of hydrogen-bond acceptors (Lipinski definition) is 4. The minimum atomic E-state index is -0.225. The second kappa shape index (κ2) is 6.02. The summed E-state index contributed by atoms with van der Waals surface area (Å²) in [6, 6.07) is 11.9. The summed E-state index contributed by atoms with van der Waals surface area (Å²) in [6.07, 6.45) is 7.13. The van der Waals surface area contributed by atoms with E-state index in [1.165, 1.54) is 0 Å². The number of nitrogens with zero attached hydrogens (tertiary/aromatic N) is 2. The number of fused-ring (bicyclic) bond motifs is 1. The van der Waals surface area contributed by atoms with Crippen LogP contribution in [0.25, 0.3) is 10.8 Å². The van der Waals surface area contributed by atoms with Gasteiger partial charge in [0.15, 0.2) is 0 Å². The molecule has 1 saturated heterocycles. The Balaban J connectivity index is 1.38. The highest BCUT2D eigenvalue weighted by Crippen LogP contribution is 2.65. The van der Waals surface area contributed by atoms with Gasteiger partial charge in [-0.2, -0.15) is 10.1 Å². The van der Waals surface area contributed by atoms with Crippen LogP contribution in [0.1, 0.15) is 18.9 Å². The Morgan fingerprint density at radius 2 is 1.72 bits per heavy atom. The first kappa shape index (κ1) is 17.0. The highest BCUT2D eigenvalue weighted by atomic mass is 16.5. The molecule has 2 bridgehead atoms. The Morgan fingerprint density at radius 3 is 2.41 bits per heavy atom. The van der Waals surface area contributed by atoms with Crippen LogP contribution in [-0.2, 0) is 9.59 Å². The van der Waals surface area contributed by atoms with Crippen LogP contribution in [0.4, 0.5) is 0 Å². The number of carbonyl (C=O) groups excluding carboxylic acids is 2. The van der Waals surface area contributed by atoms with Gasteiger partial charge < -0.3 is 4.74 Å². The average molecular weight is 386 g/mol. The Morgan fingerprint density at radius 1 is 1.03 bits per heavy atom. The van der Waals surface area contributed by atoms with E-state index in [0.717, 1.165) is 27.8 Å². The van der Waals surface area contributed by atoms with Gasteiger partial charge in [0, 0.05) is 5.56 Å². The van der Waals surface area contributed by atoms with Crippen LogP contribution in [0, 0.1) is 35.5 Å². The lowest BCUT2D eigenvalue weighted by Gasteiger charge is -2.37. The number of amides is 2. The SMILES string of the molecule is CCOc1ccc2ccccc2c1C=NN1C(=O)[C@@H]2[C@H]3C=C[C@@H]([C@@H]4C[C@H]34)[C@@H]2C1=O. The lowest BCUT2D eigenvalue weighted by atomic mass is 9.63. The van der Waals surface area contributed by atoms with E-state index in [4.69, 9.17) is 4.74 Å². The third-order valence-corrected chi connectivity index (χ3v) is 7.17. The molecule has 2 amide bonds. The number of imide groups is 1. The summed E-state index contributed by atoms with van der Waals surface area (Å²) in [7, 11) is 0. The van der Waals surface area contributed by atoms with Crippen LogP contribution in [-0.4, -0.2) is 29.6 Å². The lowest BCUT2D eigenvalue weighted by molar-refractivity contribution is -0.140. The minimum Gasteiger partial charge on any atom is -0.493 e. The highest BCUT2D eigenvalue weighted by molar-refractivity contribution is 6.08. The monoisotopic (exact) mass is 386 g/mol. The Kier molecular flexibility index (Phi) is 3.52. The van der Waals surface area contributed by atoms with Crippen molar-refractivity contribution in [2.75, 3.05) is 6.61 Å². The zero-order valence-electron chi connectivity index (χ0n) is 16.2. The summed E-state index contributed by atoms with van der Waals surface area (Å²) >= 11 is 0. The van der Waals surface area contributed by atoms with E-state index >= 15 is 0 Å². The Labute approximate surface area is 169 Å². The molecule has 0 aromatic heterocycles. The molecule has 4 aliphatic carbocycles. The highest BCUT2D eigenvalue weighted by Gasteiger charge is 2.67. The predicted octanol–water partition coefficient (Wildman–Crippen LogP) is 3.63. The largest absolute Gasteiger partial charge is 0.493 e. The zero-order valence-corrected chi connectivity index (χ0v) is 16.2. The number of hydrogen-bond donors (Lipinski definition) is 0. The van der Waals surface area contributed by atoms with Crippen molar-refractivity contribution in [2.24, 2.45) is 40.6 Å². The molecule has 6 atom stereocenters. The normalized spacial score (nSPS) is 34.2. The second-order valence-corrected chi connectivity index (χ2v) is 8.52. The van der Waals surface area contributed by atoms with E-state index in [0.29, 0.717) is 24.2 Å². The fourth-order valence-corrected chi connectivity index (χ4v) is 5.86. The molecule has 2 aromatic carbocycles. The van der Waals surface area contributed by atoms with Gasteiger partial charge in [0.05, 0.1) is 24.7 Å². The standard InChI is InChI=1S/C24H22N2O3/c1-2-29-20-10-7-13-5-3-4-6-14(13)19(20)12-25-26-23(27)21-15-8-9-16(18-11-17(15)18)22(21)24(26)28/h3-10,12,15-18,21-22H,2,11H2,1H3/t15-,16-,17-,18+,21-,22+/m0/s1. The van der Waals surface area contributed by atoms with E-state index in [1.54, 1.807) is 6.21 Å². The smallest absolute Gasteiger partial charge is 0.254 e. The molecule has 0 N–H and O–H groups in total. The minimum absolute atomic E-state index is 0.140. The van der Waals surface area contributed by atoms with Crippen molar-refractivity contribution in [3.8, 4) is 5.75 Å². The van der Waals surface area contributed by atoms with Crippen LogP contribution in [0.5, 0.6) is 5.75 Å². The van der Waals surface area contributed by atoms with Gasteiger partial charge in [-0.3, -0.25) is 9.59 Å². The van der Waals surface area contributed by atoms with Crippen molar-refractivity contribution in [1.29, 1.82) is 0 Å². The molecule has 1 heterocycles. The maximum Gasteiger partial charge on any atom is 0.254 e. The van der Waals surface area contributed by atoms with E-state index in [-0.39, 0.29) is 35.5 Å².